The SMILES string of the molecule is S=C(Nc1ccccc1)Nc1cn[nH]c1. The normalized spacial score (nSPS) is 9.60. The summed E-state index contributed by atoms with van der Waals surface area (Å²) in [7, 11) is 0. The van der Waals surface area contributed by atoms with Gasteiger partial charge in [-0.15, -0.1) is 0 Å². The van der Waals surface area contributed by atoms with Crippen molar-refractivity contribution in [3.63, 3.8) is 0 Å². The number of aromatic amines is 1. The first kappa shape index (κ1) is 9.67. The molecule has 0 atom stereocenters. The highest BCUT2D eigenvalue weighted by molar-refractivity contribution is 7.80. The van der Waals surface area contributed by atoms with Crippen molar-refractivity contribution in [1.82, 2.24) is 10.2 Å². The van der Waals surface area contributed by atoms with Gasteiger partial charge in [-0.2, -0.15) is 5.10 Å². The van der Waals surface area contributed by atoms with Crippen LogP contribution in [-0.2, 0) is 0 Å². The molecule has 0 unspecified atom stereocenters. The van der Waals surface area contributed by atoms with Crippen LogP contribution in [0.1, 0.15) is 0 Å². The minimum atomic E-state index is 0.544. The van der Waals surface area contributed by atoms with Crippen molar-refractivity contribution in [3.05, 3.63) is 42.7 Å². The lowest BCUT2D eigenvalue weighted by Gasteiger charge is -2.07. The Labute approximate surface area is 92.7 Å². The van der Waals surface area contributed by atoms with Gasteiger partial charge in [0.25, 0.3) is 0 Å². The maximum absolute atomic E-state index is 5.12. The van der Waals surface area contributed by atoms with Crippen LogP contribution in [-0.4, -0.2) is 15.3 Å². The number of H-pyrrole nitrogens is 1. The van der Waals surface area contributed by atoms with Crippen LogP contribution in [0, 0.1) is 0 Å². The first-order valence-corrected chi connectivity index (χ1v) is 4.87. The quantitative estimate of drug-likeness (QED) is 0.676. The molecule has 0 amide bonds. The van der Waals surface area contributed by atoms with Crippen LogP contribution in [0.3, 0.4) is 0 Å². The van der Waals surface area contributed by atoms with Crippen molar-refractivity contribution < 1.29 is 0 Å². The fourth-order valence-corrected chi connectivity index (χ4v) is 1.37. The van der Waals surface area contributed by atoms with Crippen LogP contribution < -0.4 is 10.6 Å². The molecule has 0 bridgehead atoms. The van der Waals surface area contributed by atoms with Crippen LogP contribution in [0.15, 0.2) is 42.7 Å². The van der Waals surface area contributed by atoms with E-state index in [1.165, 1.54) is 0 Å². The van der Waals surface area contributed by atoms with Gasteiger partial charge in [-0.1, -0.05) is 18.2 Å². The number of rotatable bonds is 2. The Hall–Kier alpha value is -1.88. The van der Waals surface area contributed by atoms with Crippen molar-refractivity contribution in [2.24, 2.45) is 0 Å². The van der Waals surface area contributed by atoms with Gasteiger partial charge in [-0.25, -0.2) is 0 Å². The maximum Gasteiger partial charge on any atom is 0.175 e. The molecule has 5 heteroatoms. The molecule has 0 spiro atoms. The molecule has 0 saturated heterocycles. The van der Waals surface area contributed by atoms with Gasteiger partial charge in [-0.3, -0.25) is 5.10 Å². The monoisotopic (exact) mass is 218 g/mol. The fourth-order valence-electron chi connectivity index (χ4n) is 1.13. The molecular formula is C10H10N4S. The predicted molar refractivity (Wildman–Crippen MR) is 64.9 cm³/mol. The van der Waals surface area contributed by atoms with Crippen LogP contribution in [0.5, 0.6) is 0 Å². The molecular weight excluding hydrogens is 208 g/mol. The highest BCUT2D eigenvalue weighted by Gasteiger charge is 1.98. The number of aromatic nitrogens is 2. The van der Waals surface area contributed by atoms with Crippen molar-refractivity contribution >= 4 is 28.7 Å². The molecule has 2 aromatic rings. The lowest BCUT2D eigenvalue weighted by atomic mass is 10.3. The van der Waals surface area contributed by atoms with Crippen LogP contribution >= 0.6 is 12.2 Å². The molecule has 0 radical (unpaired) electrons. The molecule has 1 aromatic heterocycles. The summed E-state index contributed by atoms with van der Waals surface area (Å²) in [6.07, 6.45) is 3.40. The molecule has 15 heavy (non-hydrogen) atoms. The highest BCUT2D eigenvalue weighted by atomic mass is 32.1. The number of anilines is 2. The van der Waals surface area contributed by atoms with Gasteiger partial charge < -0.3 is 10.6 Å². The summed E-state index contributed by atoms with van der Waals surface area (Å²) in [6, 6.07) is 9.75. The van der Waals surface area contributed by atoms with E-state index in [2.05, 4.69) is 20.8 Å². The molecule has 1 aromatic carbocycles. The number of hydrogen-bond donors (Lipinski definition) is 3. The van der Waals surface area contributed by atoms with Crippen molar-refractivity contribution in [2.45, 2.75) is 0 Å². The molecule has 1 heterocycles. The molecule has 0 aliphatic carbocycles. The number of nitrogens with zero attached hydrogens (tertiary/aromatic N) is 1. The maximum atomic E-state index is 5.12. The van der Waals surface area contributed by atoms with Gasteiger partial charge in [0.05, 0.1) is 11.9 Å². The number of para-hydroxylation sites is 1. The van der Waals surface area contributed by atoms with Crippen LogP contribution in [0.25, 0.3) is 0 Å². The number of thiocarbonyl (C=S) groups is 1. The molecule has 3 N–H and O–H groups in total. The Morgan fingerprint density at radius 3 is 2.53 bits per heavy atom. The van der Waals surface area contributed by atoms with E-state index in [4.69, 9.17) is 12.2 Å². The highest BCUT2D eigenvalue weighted by Crippen LogP contribution is 2.07. The Kier molecular flexibility index (Phi) is 2.94. The zero-order chi connectivity index (χ0) is 10.5. The van der Waals surface area contributed by atoms with E-state index in [1.54, 1.807) is 12.4 Å². The summed E-state index contributed by atoms with van der Waals surface area (Å²) in [5.41, 5.74) is 1.79. The summed E-state index contributed by atoms with van der Waals surface area (Å²) < 4.78 is 0. The average Bonchev–Trinajstić information content (AvgIpc) is 2.71. The topological polar surface area (TPSA) is 52.7 Å². The van der Waals surface area contributed by atoms with Gasteiger partial charge in [-0.05, 0) is 24.4 Å². The minimum absolute atomic E-state index is 0.544. The zero-order valence-corrected chi connectivity index (χ0v) is 8.71. The van der Waals surface area contributed by atoms with E-state index in [9.17, 15) is 0 Å². The van der Waals surface area contributed by atoms with Gasteiger partial charge >= 0.3 is 0 Å². The molecule has 76 valence electrons. The molecule has 0 saturated carbocycles. The molecule has 2 rings (SSSR count). The number of benzene rings is 1. The average molecular weight is 218 g/mol. The Bertz CT molecular complexity index is 424. The van der Waals surface area contributed by atoms with Gasteiger partial charge in [0.2, 0.25) is 0 Å². The van der Waals surface area contributed by atoms with E-state index in [0.717, 1.165) is 11.4 Å². The molecule has 0 aliphatic heterocycles. The van der Waals surface area contributed by atoms with E-state index >= 15 is 0 Å². The summed E-state index contributed by atoms with van der Waals surface area (Å²) in [5, 5.41) is 13.1. The van der Waals surface area contributed by atoms with E-state index in [0.29, 0.717) is 5.11 Å². The molecule has 0 fully saturated rings. The van der Waals surface area contributed by atoms with Crippen LogP contribution in [0.2, 0.25) is 0 Å². The van der Waals surface area contributed by atoms with Crippen LogP contribution in [0.4, 0.5) is 11.4 Å². The van der Waals surface area contributed by atoms with E-state index in [-0.39, 0.29) is 0 Å². The van der Waals surface area contributed by atoms with Gasteiger partial charge in [0.15, 0.2) is 5.11 Å². The van der Waals surface area contributed by atoms with E-state index in [1.807, 2.05) is 30.3 Å². The second-order valence-electron chi connectivity index (χ2n) is 2.93. The van der Waals surface area contributed by atoms with Crippen molar-refractivity contribution in [1.29, 1.82) is 0 Å². The zero-order valence-electron chi connectivity index (χ0n) is 7.90. The van der Waals surface area contributed by atoms with Gasteiger partial charge in [0, 0.05) is 11.9 Å². The Balaban J connectivity index is 1.94. The Morgan fingerprint density at radius 1 is 1.13 bits per heavy atom. The van der Waals surface area contributed by atoms with E-state index < -0.39 is 0 Å². The summed E-state index contributed by atoms with van der Waals surface area (Å²) in [4.78, 5) is 0. The van der Waals surface area contributed by atoms with Crippen molar-refractivity contribution in [3.8, 4) is 0 Å². The summed E-state index contributed by atoms with van der Waals surface area (Å²) >= 11 is 5.12. The number of nitrogens with one attached hydrogen (secondary N) is 3. The largest absolute Gasteiger partial charge is 0.332 e. The standard InChI is InChI=1S/C10H10N4S/c15-10(14-9-6-11-12-7-9)13-8-4-2-1-3-5-8/h1-7H,(H,11,12)(H2,13,14,15). The molecule has 0 aliphatic rings. The second kappa shape index (κ2) is 4.56. The fraction of sp³-hybridized carbons (Fsp3) is 0. The first-order valence-electron chi connectivity index (χ1n) is 4.46. The first-order chi connectivity index (χ1) is 7.34. The predicted octanol–water partition coefficient (Wildman–Crippen LogP) is 2.22. The third-order valence-electron chi connectivity index (χ3n) is 1.79. The summed E-state index contributed by atoms with van der Waals surface area (Å²) in [6.45, 7) is 0. The van der Waals surface area contributed by atoms with Gasteiger partial charge in [0.1, 0.15) is 0 Å². The second-order valence-corrected chi connectivity index (χ2v) is 3.34. The Morgan fingerprint density at radius 2 is 1.87 bits per heavy atom. The smallest absolute Gasteiger partial charge is 0.175 e. The molecule has 4 nitrogen and oxygen atoms in total. The van der Waals surface area contributed by atoms with Crippen molar-refractivity contribution in [2.75, 3.05) is 10.6 Å². The third kappa shape index (κ3) is 2.78. The lowest BCUT2D eigenvalue weighted by Crippen LogP contribution is -2.18. The minimum Gasteiger partial charge on any atom is -0.332 e. The third-order valence-corrected chi connectivity index (χ3v) is 1.99. The number of hydrogen-bond acceptors (Lipinski definition) is 2. The summed E-state index contributed by atoms with van der Waals surface area (Å²) in [5.74, 6) is 0. The lowest BCUT2D eigenvalue weighted by molar-refractivity contribution is 1.09.